The van der Waals surface area contributed by atoms with Gasteiger partial charge in [0, 0.05) is 32.0 Å². The van der Waals surface area contributed by atoms with E-state index in [1.165, 1.54) is 19.9 Å². The fourth-order valence-corrected chi connectivity index (χ4v) is 4.47. The second-order valence-corrected chi connectivity index (χ2v) is 9.28. The maximum Gasteiger partial charge on any atom is 0.526 e. The highest BCUT2D eigenvalue weighted by Crippen LogP contribution is 2.37. The number of hydrogen-bond donors (Lipinski definition) is 1. The van der Waals surface area contributed by atoms with Gasteiger partial charge in [-0.05, 0) is 57.1 Å². The molecule has 0 radical (unpaired) electrons. The summed E-state index contributed by atoms with van der Waals surface area (Å²) in [5.74, 6) is -1.07. The molecule has 1 N–H and O–H groups in total. The zero-order valence-electron chi connectivity index (χ0n) is 20.3. The lowest BCUT2D eigenvalue weighted by Crippen LogP contribution is -2.36. The summed E-state index contributed by atoms with van der Waals surface area (Å²) in [5.41, 5.74) is 0.750. The van der Waals surface area contributed by atoms with Gasteiger partial charge in [-0.2, -0.15) is 0 Å². The van der Waals surface area contributed by atoms with Crippen LogP contribution < -0.4 is 4.65 Å². The molecule has 1 heterocycles. The molecule has 0 bridgehead atoms. The molecule has 10 heteroatoms. The van der Waals surface area contributed by atoms with Crippen LogP contribution in [0.2, 0.25) is 5.82 Å². The summed E-state index contributed by atoms with van der Waals surface area (Å²) in [6.07, 6.45) is 4.05. The number of fused-ring (bicyclic) bond motifs is 1. The number of Topliss-reactive ketones (excluding diaryl/α,β-unsaturated/α-hetero) is 2. The Kier molecular flexibility index (Phi) is 9.71. The molecule has 1 aliphatic carbocycles. The second-order valence-electron chi connectivity index (χ2n) is 9.28. The number of hydrogen-bond acceptors (Lipinski definition) is 9. The Bertz CT molecular complexity index is 926. The van der Waals surface area contributed by atoms with Gasteiger partial charge in [-0.3, -0.25) is 4.79 Å². The Hall–Kier alpha value is -2.88. The molecular formula is C25H33BO9. The van der Waals surface area contributed by atoms with E-state index in [0.717, 1.165) is 32.1 Å². The number of rotatable bonds is 10. The van der Waals surface area contributed by atoms with Crippen LogP contribution in [0.5, 0.6) is 5.75 Å². The first-order valence-corrected chi connectivity index (χ1v) is 12.3. The molecule has 0 spiro atoms. The lowest BCUT2D eigenvalue weighted by Gasteiger charge is -2.28. The van der Waals surface area contributed by atoms with E-state index in [9.17, 15) is 24.2 Å². The Morgan fingerprint density at radius 1 is 1.11 bits per heavy atom. The number of para-hydroxylation sites is 1. The Balaban J connectivity index is 1.54. The summed E-state index contributed by atoms with van der Waals surface area (Å²) in [5, 5.41) is 10.5. The molecule has 35 heavy (non-hydrogen) atoms. The third-order valence-corrected chi connectivity index (χ3v) is 6.27. The zero-order chi connectivity index (χ0) is 25.4. The van der Waals surface area contributed by atoms with Gasteiger partial charge in [0.25, 0.3) is 0 Å². The lowest BCUT2D eigenvalue weighted by molar-refractivity contribution is -0.119. The molecule has 1 saturated carbocycles. The summed E-state index contributed by atoms with van der Waals surface area (Å²) in [6, 6.07) is 4.91. The highest BCUT2D eigenvalue weighted by molar-refractivity contribution is 6.47. The van der Waals surface area contributed by atoms with Gasteiger partial charge in [-0.25, -0.2) is 9.59 Å². The fraction of sp³-hybridized carbons (Fsp3) is 0.600. The van der Waals surface area contributed by atoms with Gasteiger partial charge in [0.15, 0.2) is 0 Å². The van der Waals surface area contributed by atoms with E-state index in [1.54, 1.807) is 12.1 Å². The van der Waals surface area contributed by atoms with Crippen LogP contribution >= 0.6 is 0 Å². The molecule has 0 saturated heterocycles. The van der Waals surface area contributed by atoms with Gasteiger partial charge < -0.3 is 28.7 Å². The van der Waals surface area contributed by atoms with Gasteiger partial charge in [-0.1, -0.05) is 18.6 Å². The van der Waals surface area contributed by atoms with Crippen LogP contribution in [-0.4, -0.2) is 48.2 Å². The summed E-state index contributed by atoms with van der Waals surface area (Å²) in [7, 11) is -1.27. The first-order chi connectivity index (χ1) is 16.7. The molecule has 0 amide bonds. The van der Waals surface area contributed by atoms with Gasteiger partial charge in [-0.15, -0.1) is 0 Å². The predicted octanol–water partition coefficient (Wildman–Crippen LogP) is 4.18. The van der Waals surface area contributed by atoms with E-state index < -0.39 is 31.4 Å². The van der Waals surface area contributed by atoms with Crippen LogP contribution in [0.25, 0.3) is 0 Å². The van der Waals surface area contributed by atoms with Crippen molar-refractivity contribution in [3.05, 3.63) is 29.3 Å². The van der Waals surface area contributed by atoms with E-state index in [1.807, 2.05) is 0 Å². The SMILES string of the molecule is CC(=O)CCCC(=O)C[C@H]1Cc2cccc(C(=O)OC(C)OC(=O)OC3CCCCC3)c2OB1O. The van der Waals surface area contributed by atoms with Gasteiger partial charge in [0.05, 0.1) is 0 Å². The summed E-state index contributed by atoms with van der Waals surface area (Å²) in [4.78, 5) is 48.1. The van der Waals surface area contributed by atoms with E-state index >= 15 is 0 Å². The Morgan fingerprint density at radius 3 is 2.57 bits per heavy atom. The van der Waals surface area contributed by atoms with Crippen molar-refractivity contribution in [1.29, 1.82) is 0 Å². The molecule has 1 unspecified atom stereocenters. The van der Waals surface area contributed by atoms with Crippen LogP contribution in [0.4, 0.5) is 4.79 Å². The van der Waals surface area contributed by atoms with Crippen molar-refractivity contribution in [2.75, 3.05) is 0 Å². The standard InChI is InChI=1S/C25H33BO9/c1-16(27)8-6-10-20(28)15-19-14-18-9-7-13-22(23(18)35-26(19)31)24(29)32-17(2)33-25(30)34-21-11-4-3-5-12-21/h7,9,13,17,19,21,31H,3-6,8,10-12,14-15H2,1-2H3/t17?,19-/m1/s1. The van der Waals surface area contributed by atoms with Crippen molar-refractivity contribution < 1.29 is 43.1 Å². The third kappa shape index (κ3) is 8.09. The molecule has 3 rings (SSSR count). The molecule has 2 aliphatic rings. The number of ketones is 2. The van der Waals surface area contributed by atoms with Crippen molar-refractivity contribution >= 4 is 30.8 Å². The third-order valence-electron chi connectivity index (χ3n) is 6.27. The molecule has 1 aromatic carbocycles. The van der Waals surface area contributed by atoms with E-state index in [2.05, 4.69) is 0 Å². The van der Waals surface area contributed by atoms with Crippen molar-refractivity contribution in [1.82, 2.24) is 0 Å². The van der Waals surface area contributed by atoms with E-state index in [4.69, 9.17) is 18.9 Å². The highest BCUT2D eigenvalue weighted by atomic mass is 16.8. The van der Waals surface area contributed by atoms with Crippen molar-refractivity contribution in [3.63, 3.8) is 0 Å². The summed E-state index contributed by atoms with van der Waals surface area (Å²) < 4.78 is 21.2. The molecular weight excluding hydrogens is 455 g/mol. The smallest absolute Gasteiger partial charge is 0.526 e. The monoisotopic (exact) mass is 488 g/mol. The van der Waals surface area contributed by atoms with E-state index in [-0.39, 0.29) is 41.8 Å². The van der Waals surface area contributed by atoms with Crippen LogP contribution in [0.1, 0.15) is 87.6 Å². The minimum atomic E-state index is -1.27. The minimum absolute atomic E-state index is 0.0352. The quantitative estimate of drug-likeness (QED) is 0.293. The molecule has 1 fully saturated rings. The van der Waals surface area contributed by atoms with Crippen LogP contribution in [-0.2, 0) is 30.2 Å². The average Bonchev–Trinajstić information content (AvgIpc) is 2.79. The molecule has 0 aromatic heterocycles. The van der Waals surface area contributed by atoms with Crippen LogP contribution in [0.15, 0.2) is 18.2 Å². The zero-order valence-corrected chi connectivity index (χ0v) is 20.3. The van der Waals surface area contributed by atoms with Crippen molar-refractivity contribution in [2.45, 2.75) is 96.3 Å². The molecule has 190 valence electrons. The largest absolute Gasteiger partial charge is 0.535 e. The predicted molar refractivity (Wildman–Crippen MR) is 126 cm³/mol. The van der Waals surface area contributed by atoms with Gasteiger partial charge in [0.1, 0.15) is 29.0 Å². The summed E-state index contributed by atoms with van der Waals surface area (Å²) in [6.45, 7) is 2.90. The number of esters is 1. The molecule has 1 aliphatic heterocycles. The molecule has 1 aromatic rings. The van der Waals surface area contributed by atoms with Crippen molar-refractivity contribution in [2.24, 2.45) is 0 Å². The number of carbonyl (C=O) groups excluding carboxylic acids is 4. The molecule has 9 nitrogen and oxygen atoms in total. The topological polar surface area (TPSA) is 125 Å². The van der Waals surface area contributed by atoms with E-state index in [0.29, 0.717) is 24.8 Å². The highest BCUT2D eigenvalue weighted by Gasteiger charge is 2.38. The fourth-order valence-electron chi connectivity index (χ4n) is 4.47. The first-order valence-electron chi connectivity index (χ1n) is 12.3. The maximum atomic E-state index is 12.7. The Labute approximate surface area is 205 Å². The number of benzene rings is 1. The normalized spacial score (nSPS) is 18.6. The maximum absolute atomic E-state index is 12.7. The molecule has 2 atom stereocenters. The first kappa shape index (κ1) is 26.7. The van der Waals surface area contributed by atoms with Crippen LogP contribution in [0.3, 0.4) is 0 Å². The minimum Gasteiger partial charge on any atom is -0.535 e. The number of carbonyl (C=O) groups is 4. The number of ether oxygens (including phenoxy) is 3. The lowest BCUT2D eigenvalue weighted by atomic mass is 9.64. The van der Waals surface area contributed by atoms with Gasteiger partial charge >= 0.3 is 19.2 Å². The average molecular weight is 488 g/mol. The summed E-state index contributed by atoms with van der Waals surface area (Å²) >= 11 is 0. The Morgan fingerprint density at radius 2 is 1.86 bits per heavy atom. The van der Waals surface area contributed by atoms with Gasteiger partial charge in [0.2, 0.25) is 6.29 Å². The second kappa shape index (κ2) is 12.7. The van der Waals surface area contributed by atoms with Crippen molar-refractivity contribution in [3.8, 4) is 5.75 Å². The van der Waals surface area contributed by atoms with Crippen LogP contribution in [0, 0.1) is 0 Å².